The molecule has 0 N–H and O–H groups in total. The SMILES string of the molecule is COc1ccc(/C=C/C(=O)N(Cc2ccsc2)CC(F)(F)F)cc1OC. The van der Waals surface area contributed by atoms with Crippen molar-refractivity contribution in [3.05, 3.63) is 52.2 Å². The number of amides is 1. The van der Waals surface area contributed by atoms with Crippen LogP contribution < -0.4 is 9.47 Å². The number of halogens is 3. The number of hydrogen-bond donors (Lipinski definition) is 0. The van der Waals surface area contributed by atoms with Crippen molar-refractivity contribution >= 4 is 23.3 Å². The lowest BCUT2D eigenvalue weighted by molar-refractivity contribution is -0.159. The van der Waals surface area contributed by atoms with Gasteiger partial charge in [-0.2, -0.15) is 24.5 Å². The van der Waals surface area contributed by atoms with E-state index in [1.54, 1.807) is 35.0 Å². The number of ether oxygens (including phenoxy) is 2. The van der Waals surface area contributed by atoms with E-state index < -0.39 is 18.6 Å². The number of alkyl halides is 3. The first kappa shape index (κ1) is 19.8. The van der Waals surface area contributed by atoms with Crippen LogP contribution in [0.1, 0.15) is 11.1 Å². The Balaban J connectivity index is 2.16. The summed E-state index contributed by atoms with van der Waals surface area (Å²) in [7, 11) is 2.97. The van der Waals surface area contributed by atoms with Crippen molar-refractivity contribution in [3.63, 3.8) is 0 Å². The number of carbonyl (C=O) groups excluding carboxylic acids is 1. The fraction of sp³-hybridized carbons (Fsp3) is 0.278. The van der Waals surface area contributed by atoms with Crippen molar-refractivity contribution in [2.45, 2.75) is 12.7 Å². The molecule has 1 heterocycles. The van der Waals surface area contributed by atoms with E-state index in [4.69, 9.17) is 9.47 Å². The summed E-state index contributed by atoms with van der Waals surface area (Å²) >= 11 is 1.37. The highest BCUT2D eigenvalue weighted by Crippen LogP contribution is 2.28. The summed E-state index contributed by atoms with van der Waals surface area (Å²) in [4.78, 5) is 13.0. The molecule has 0 saturated heterocycles. The maximum absolute atomic E-state index is 12.8. The van der Waals surface area contributed by atoms with Crippen LogP contribution in [0.3, 0.4) is 0 Å². The first-order chi connectivity index (χ1) is 12.3. The molecule has 0 aliphatic carbocycles. The van der Waals surface area contributed by atoms with Gasteiger partial charge in [0, 0.05) is 12.6 Å². The average Bonchev–Trinajstić information content (AvgIpc) is 3.10. The molecule has 0 unspecified atom stereocenters. The molecule has 0 spiro atoms. The molecule has 1 aromatic carbocycles. The first-order valence-corrected chi connectivity index (χ1v) is 8.53. The molecule has 1 amide bonds. The van der Waals surface area contributed by atoms with Crippen LogP contribution >= 0.6 is 11.3 Å². The van der Waals surface area contributed by atoms with Crippen molar-refractivity contribution in [3.8, 4) is 11.5 Å². The Morgan fingerprint density at radius 3 is 2.50 bits per heavy atom. The highest BCUT2D eigenvalue weighted by atomic mass is 32.1. The number of rotatable bonds is 7. The molecule has 0 aliphatic heterocycles. The topological polar surface area (TPSA) is 38.8 Å². The van der Waals surface area contributed by atoms with Crippen LogP contribution in [0.15, 0.2) is 41.1 Å². The monoisotopic (exact) mass is 385 g/mol. The first-order valence-electron chi connectivity index (χ1n) is 7.59. The van der Waals surface area contributed by atoms with Crippen molar-refractivity contribution in [2.75, 3.05) is 20.8 Å². The molecule has 2 rings (SSSR count). The van der Waals surface area contributed by atoms with E-state index in [0.717, 1.165) is 11.0 Å². The molecule has 0 saturated carbocycles. The molecule has 2 aromatic rings. The lowest BCUT2D eigenvalue weighted by Crippen LogP contribution is -2.37. The zero-order valence-corrected chi connectivity index (χ0v) is 15.1. The third-order valence-electron chi connectivity index (χ3n) is 3.46. The summed E-state index contributed by atoms with van der Waals surface area (Å²) in [6.07, 6.45) is -1.90. The zero-order valence-electron chi connectivity index (χ0n) is 14.2. The van der Waals surface area contributed by atoms with Gasteiger partial charge in [-0.1, -0.05) is 6.07 Å². The van der Waals surface area contributed by atoms with E-state index in [1.807, 2.05) is 0 Å². The van der Waals surface area contributed by atoms with Crippen LogP contribution in [0.2, 0.25) is 0 Å². The normalized spacial score (nSPS) is 11.6. The van der Waals surface area contributed by atoms with Crippen molar-refractivity contribution in [1.82, 2.24) is 4.90 Å². The molecule has 0 atom stereocenters. The second-order valence-corrected chi connectivity index (χ2v) is 6.17. The van der Waals surface area contributed by atoms with E-state index in [9.17, 15) is 18.0 Å². The van der Waals surface area contributed by atoms with E-state index in [1.165, 1.54) is 31.6 Å². The van der Waals surface area contributed by atoms with Gasteiger partial charge in [0.1, 0.15) is 6.54 Å². The Kier molecular flexibility index (Phi) is 6.68. The Morgan fingerprint density at radius 1 is 1.19 bits per heavy atom. The molecular weight excluding hydrogens is 367 g/mol. The van der Waals surface area contributed by atoms with Gasteiger partial charge >= 0.3 is 6.18 Å². The van der Waals surface area contributed by atoms with Crippen molar-refractivity contribution in [2.24, 2.45) is 0 Å². The smallest absolute Gasteiger partial charge is 0.406 e. The minimum atomic E-state index is -4.47. The van der Waals surface area contributed by atoms with Crippen LogP contribution in [-0.4, -0.2) is 37.7 Å². The molecular formula is C18H18F3NO3S. The Morgan fingerprint density at radius 2 is 1.92 bits per heavy atom. The fourth-order valence-electron chi connectivity index (χ4n) is 2.26. The second kappa shape index (κ2) is 8.75. The van der Waals surface area contributed by atoms with E-state index in [2.05, 4.69) is 0 Å². The predicted octanol–water partition coefficient (Wildman–Crippen LogP) is 4.37. The number of hydrogen-bond acceptors (Lipinski definition) is 4. The third-order valence-corrected chi connectivity index (χ3v) is 4.19. The van der Waals surface area contributed by atoms with Crippen molar-refractivity contribution in [1.29, 1.82) is 0 Å². The summed E-state index contributed by atoms with van der Waals surface area (Å²) in [5.74, 6) is 0.267. The van der Waals surface area contributed by atoms with Gasteiger partial charge in [0.15, 0.2) is 11.5 Å². The van der Waals surface area contributed by atoms with Crippen LogP contribution in [0, 0.1) is 0 Å². The number of nitrogens with zero attached hydrogens (tertiary/aromatic N) is 1. The van der Waals surface area contributed by atoms with E-state index in [0.29, 0.717) is 22.6 Å². The Hall–Kier alpha value is -2.48. The molecule has 8 heteroatoms. The van der Waals surface area contributed by atoms with E-state index in [-0.39, 0.29) is 6.54 Å². The maximum Gasteiger partial charge on any atom is 0.406 e. The number of benzene rings is 1. The standard InChI is InChI=1S/C18H18F3NO3S/c1-24-15-5-3-13(9-16(15)25-2)4-6-17(23)22(12-18(19,20)21)10-14-7-8-26-11-14/h3-9,11H,10,12H2,1-2H3/b6-4+. The lowest BCUT2D eigenvalue weighted by Gasteiger charge is -2.22. The van der Waals surface area contributed by atoms with Gasteiger partial charge in [-0.25, -0.2) is 0 Å². The molecule has 4 nitrogen and oxygen atoms in total. The van der Waals surface area contributed by atoms with Crippen molar-refractivity contribution < 1.29 is 27.4 Å². The molecule has 26 heavy (non-hydrogen) atoms. The molecule has 1 aromatic heterocycles. The second-order valence-electron chi connectivity index (χ2n) is 5.39. The highest BCUT2D eigenvalue weighted by molar-refractivity contribution is 7.07. The Bertz CT molecular complexity index is 758. The Labute approximate surface area is 153 Å². The lowest BCUT2D eigenvalue weighted by atomic mass is 10.2. The average molecular weight is 385 g/mol. The van der Waals surface area contributed by atoms with Crippen LogP contribution in [0.25, 0.3) is 6.08 Å². The zero-order chi connectivity index (χ0) is 19.2. The summed E-state index contributed by atoms with van der Waals surface area (Å²) in [6.45, 7) is -1.41. The molecule has 0 fully saturated rings. The van der Waals surface area contributed by atoms with Gasteiger partial charge in [-0.3, -0.25) is 4.79 Å². The van der Waals surface area contributed by atoms with Crippen LogP contribution in [-0.2, 0) is 11.3 Å². The predicted molar refractivity (Wildman–Crippen MR) is 94.4 cm³/mol. The van der Waals surface area contributed by atoms with Crippen LogP contribution in [0.5, 0.6) is 11.5 Å². The number of thiophene rings is 1. The number of methoxy groups -OCH3 is 2. The van der Waals surface area contributed by atoms with Gasteiger partial charge in [0.25, 0.3) is 0 Å². The van der Waals surface area contributed by atoms with E-state index >= 15 is 0 Å². The minimum Gasteiger partial charge on any atom is -0.493 e. The largest absolute Gasteiger partial charge is 0.493 e. The summed E-state index contributed by atoms with van der Waals surface area (Å²) in [5.41, 5.74) is 1.27. The number of carbonyl (C=O) groups is 1. The van der Waals surface area contributed by atoms with Gasteiger partial charge in [0.05, 0.1) is 14.2 Å². The van der Waals surface area contributed by atoms with Gasteiger partial charge in [-0.05, 0) is 46.2 Å². The van der Waals surface area contributed by atoms with Gasteiger partial charge in [0.2, 0.25) is 5.91 Å². The van der Waals surface area contributed by atoms with Gasteiger partial charge < -0.3 is 14.4 Å². The summed E-state index contributed by atoms with van der Waals surface area (Å²) in [6, 6.07) is 6.66. The summed E-state index contributed by atoms with van der Waals surface area (Å²) < 4.78 is 48.7. The molecule has 0 aliphatic rings. The van der Waals surface area contributed by atoms with Gasteiger partial charge in [-0.15, -0.1) is 0 Å². The highest BCUT2D eigenvalue weighted by Gasteiger charge is 2.32. The third kappa shape index (κ3) is 5.80. The minimum absolute atomic E-state index is 0.0991. The molecule has 0 radical (unpaired) electrons. The fourth-order valence-corrected chi connectivity index (χ4v) is 2.92. The quantitative estimate of drug-likeness (QED) is 0.665. The maximum atomic E-state index is 12.8. The summed E-state index contributed by atoms with van der Waals surface area (Å²) in [5, 5.41) is 3.47. The van der Waals surface area contributed by atoms with Crippen LogP contribution in [0.4, 0.5) is 13.2 Å². The molecule has 140 valence electrons. The molecule has 0 bridgehead atoms.